The lowest BCUT2D eigenvalue weighted by molar-refractivity contribution is 1.23. The van der Waals surface area contributed by atoms with E-state index in [1.54, 1.807) is 0 Å². The fourth-order valence-electron chi connectivity index (χ4n) is 5.39. The molecule has 0 bridgehead atoms. The van der Waals surface area contributed by atoms with Gasteiger partial charge < -0.3 is 0 Å². The second-order valence-electron chi connectivity index (χ2n) is 8.64. The zero-order valence-electron chi connectivity index (χ0n) is 17.1. The van der Waals surface area contributed by atoms with E-state index in [0.717, 1.165) is 30.7 Å². The van der Waals surface area contributed by atoms with Crippen LogP contribution < -0.4 is 0 Å². The van der Waals surface area contributed by atoms with Crippen LogP contribution in [-0.4, -0.2) is 11.4 Å². The Labute approximate surface area is 181 Å². The molecule has 3 aliphatic rings. The fourth-order valence-corrected chi connectivity index (χ4v) is 5.39. The summed E-state index contributed by atoms with van der Waals surface area (Å²) in [6.07, 6.45) is 2.79. The molecule has 0 aromatic heterocycles. The van der Waals surface area contributed by atoms with E-state index in [1.165, 1.54) is 55.6 Å². The minimum absolute atomic E-state index is 0.785. The van der Waals surface area contributed by atoms with Crippen LogP contribution in [0.25, 0.3) is 22.3 Å². The molecular formula is C29H20N2. The van der Waals surface area contributed by atoms with Crippen molar-refractivity contribution in [3.8, 4) is 22.3 Å². The first-order chi connectivity index (χ1) is 15.3. The van der Waals surface area contributed by atoms with Crippen LogP contribution in [0, 0.1) is 0 Å². The van der Waals surface area contributed by atoms with Gasteiger partial charge in [-0.15, -0.1) is 0 Å². The zero-order valence-corrected chi connectivity index (χ0v) is 17.1. The molecule has 4 aromatic carbocycles. The van der Waals surface area contributed by atoms with Gasteiger partial charge >= 0.3 is 0 Å². The smallest absolute Gasteiger partial charge is 0.0766 e. The van der Waals surface area contributed by atoms with Crippen LogP contribution in [0.4, 0.5) is 0 Å². The second-order valence-corrected chi connectivity index (χ2v) is 8.64. The summed E-state index contributed by atoms with van der Waals surface area (Å²) < 4.78 is 0. The molecule has 2 nitrogen and oxygen atoms in total. The van der Waals surface area contributed by atoms with Crippen LogP contribution in [0.1, 0.15) is 39.8 Å². The number of rotatable bonds is 2. The predicted octanol–water partition coefficient (Wildman–Crippen LogP) is 6.43. The van der Waals surface area contributed by atoms with E-state index in [1.807, 2.05) is 0 Å². The summed E-state index contributed by atoms with van der Waals surface area (Å²) in [5, 5.41) is 9.27. The highest BCUT2D eigenvalue weighted by molar-refractivity contribution is 6.21. The molecule has 0 atom stereocenters. The van der Waals surface area contributed by atoms with Crippen molar-refractivity contribution >= 4 is 11.4 Å². The Morgan fingerprint density at radius 3 is 1.97 bits per heavy atom. The van der Waals surface area contributed by atoms with Gasteiger partial charge in [-0.3, -0.25) is 0 Å². The first kappa shape index (κ1) is 17.0. The first-order valence-electron chi connectivity index (χ1n) is 10.9. The van der Waals surface area contributed by atoms with Gasteiger partial charge in [0.05, 0.1) is 11.4 Å². The molecule has 1 heterocycles. The van der Waals surface area contributed by atoms with E-state index in [0.29, 0.717) is 0 Å². The summed E-state index contributed by atoms with van der Waals surface area (Å²) >= 11 is 0. The Hall–Kier alpha value is -3.78. The fraction of sp³-hybridized carbons (Fsp3) is 0.103. The summed E-state index contributed by atoms with van der Waals surface area (Å²) in [4.78, 5) is 0. The molecule has 2 heteroatoms. The van der Waals surface area contributed by atoms with Crippen LogP contribution >= 0.6 is 0 Å². The van der Waals surface area contributed by atoms with Crippen molar-refractivity contribution in [2.75, 3.05) is 0 Å². The molecule has 0 spiro atoms. The Kier molecular flexibility index (Phi) is 3.48. The van der Waals surface area contributed by atoms with Crippen molar-refractivity contribution < 1.29 is 0 Å². The van der Waals surface area contributed by atoms with Crippen molar-refractivity contribution in [3.05, 3.63) is 118 Å². The van der Waals surface area contributed by atoms with Gasteiger partial charge in [0.25, 0.3) is 0 Å². The molecule has 0 unspecified atom stereocenters. The van der Waals surface area contributed by atoms with Crippen LogP contribution in [0.5, 0.6) is 0 Å². The molecule has 4 aromatic rings. The van der Waals surface area contributed by atoms with Gasteiger partial charge in [0, 0.05) is 12.0 Å². The third-order valence-electron chi connectivity index (χ3n) is 6.92. The van der Waals surface area contributed by atoms with Crippen LogP contribution in [0.3, 0.4) is 0 Å². The Balaban J connectivity index is 1.21. The molecule has 0 saturated heterocycles. The maximum absolute atomic E-state index is 4.65. The molecule has 0 N–H and O–H groups in total. The van der Waals surface area contributed by atoms with Gasteiger partial charge in [0.15, 0.2) is 0 Å². The summed E-state index contributed by atoms with van der Waals surface area (Å²) in [5.74, 6) is 0. The third kappa shape index (κ3) is 2.51. The molecule has 2 aliphatic carbocycles. The van der Waals surface area contributed by atoms with Crippen LogP contribution in [0.15, 0.2) is 95.1 Å². The number of hydrogen-bond acceptors (Lipinski definition) is 2. The number of benzene rings is 4. The lowest BCUT2D eigenvalue weighted by Gasteiger charge is -2.09. The molecule has 0 fully saturated rings. The normalized spacial score (nSPS) is 15.1. The zero-order chi connectivity index (χ0) is 20.4. The molecule has 0 radical (unpaired) electrons. The van der Waals surface area contributed by atoms with Crippen molar-refractivity contribution in [1.29, 1.82) is 0 Å². The average molecular weight is 396 g/mol. The van der Waals surface area contributed by atoms with Crippen molar-refractivity contribution in [1.82, 2.24) is 0 Å². The molecule has 1 aliphatic heterocycles. The molecule has 7 rings (SSSR count). The van der Waals surface area contributed by atoms with Gasteiger partial charge in [0.1, 0.15) is 0 Å². The third-order valence-corrected chi connectivity index (χ3v) is 6.92. The predicted molar refractivity (Wildman–Crippen MR) is 127 cm³/mol. The average Bonchev–Trinajstić information content (AvgIpc) is 3.53. The first-order valence-corrected chi connectivity index (χ1v) is 10.9. The Bertz CT molecular complexity index is 1460. The number of hydrogen-bond donors (Lipinski definition) is 0. The van der Waals surface area contributed by atoms with E-state index >= 15 is 0 Å². The highest BCUT2D eigenvalue weighted by Gasteiger charge is 2.26. The standard InChI is InChI=1S/C29H20N2/c1-4-9-23-18(6-1)14-20-12-13-21(16-26(20)23)28-17-29(31-30-28)25-11-5-10-24-22-8-3-2-7-19(22)15-27(24)25/h1-13,16H,14-15,17H2. The molecule has 0 amide bonds. The second kappa shape index (κ2) is 6.36. The summed E-state index contributed by atoms with van der Waals surface area (Å²) in [5.41, 5.74) is 15.6. The number of fused-ring (bicyclic) bond motifs is 6. The van der Waals surface area contributed by atoms with Crippen molar-refractivity contribution in [2.24, 2.45) is 10.2 Å². The SMILES string of the molecule is c1ccc2c(c1)Cc1ccc(C3=NN=C(c4cccc5c4Cc4ccccc4-5)C3)cc1-2. The van der Waals surface area contributed by atoms with Crippen LogP contribution in [0.2, 0.25) is 0 Å². The van der Waals surface area contributed by atoms with E-state index in [2.05, 4.69) is 95.1 Å². The van der Waals surface area contributed by atoms with Gasteiger partial charge in [-0.2, -0.15) is 10.2 Å². The van der Waals surface area contributed by atoms with E-state index in [-0.39, 0.29) is 0 Å². The van der Waals surface area contributed by atoms with Gasteiger partial charge in [-0.25, -0.2) is 0 Å². The highest BCUT2D eigenvalue weighted by Crippen LogP contribution is 2.40. The highest BCUT2D eigenvalue weighted by atomic mass is 15.2. The van der Waals surface area contributed by atoms with E-state index < -0.39 is 0 Å². The van der Waals surface area contributed by atoms with Crippen molar-refractivity contribution in [2.45, 2.75) is 19.3 Å². The maximum atomic E-state index is 4.65. The quantitative estimate of drug-likeness (QED) is 0.322. The van der Waals surface area contributed by atoms with Crippen molar-refractivity contribution in [3.63, 3.8) is 0 Å². The Morgan fingerprint density at radius 2 is 1.10 bits per heavy atom. The van der Waals surface area contributed by atoms with Gasteiger partial charge in [0.2, 0.25) is 0 Å². The molecular weight excluding hydrogens is 376 g/mol. The van der Waals surface area contributed by atoms with Gasteiger partial charge in [-0.05, 0) is 69.0 Å². The van der Waals surface area contributed by atoms with Crippen LogP contribution in [-0.2, 0) is 12.8 Å². The summed E-state index contributed by atoms with van der Waals surface area (Å²) in [6.45, 7) is 0. The number of nitrogens with zero attached hydrogens (tertiary/aromatic N) is 2. The molecule has 146 valence electrons. The largest absolute Gasteiger partial charge is 0.154 e. The lowest BCUT2D eigenvalue weighted by atomic mass is 9.93. The topological polar surface area (TPSA) is 24.7 Å². The molecule has 0 saturated carbocycles. The molecule has 31 heavy (non-hydrogen) atoms. The van der Waals surface area contributed by atoms with Gasteiger partial charge in [-0.1, -0.05) is 78.9 Å². The Morgan fingerprint density at radius 1 is 0.452 bits per heavy atom. The summed E-state index contributed by atoms with van der Waals surface area (Å²) in [6, 6.07) is 30.8. The lowest BCUT2D eigenvalue weighted by Crippen LogP contribution is -2.08. The minimum Gasteiger partial charge on any atom is -0.154 e. The summed E-state index contributed by atoms with van der Waals surface area (Å²) in [7, 11) is 0. The monoisotopic (exact) mass is 396 g/mol. The maximum Gasteiger partial charge on any atom is 0.0766 e. The van der Waals surface area contributed by atoms with E-state index in [4.69, 9.17) is 0 Å². The van der Waals surface area contributed by atoms with E-state index in [9.17, 15) is 0 Å². The minimum atomic E-state index is 0.785.